The summed E-state index contributed by atoms with van der Waals surface area (Å²) in [5.74, 6) is 2.67. The van der Waals surface area contributed by atoms with Gasteiger partial charge in [0.05, 0.1) is 13.2 Å². The molecule has 0 amide bonds. The quantitative estimate of drug-likeness (QED) is 0.760. The van der Waals surface area contributed by atoms with Crippen LogP contribution < -0.4 is 0 Å². The van der Waals surface area contributed by atoms with E-state index in [0.717, 1.165) is 30.1 Å². The predicted octanol–water partition coefficient (Wildman–Crippen LogP) is 2.94. The van der Waals surface area contributed by atoms with Crippen LogP contribution in [0.5, 0.6) is 5.75 Å². The molecule has 1 fully saturated rings. The summed E-state index contributed by atoms with van der Waals surface area (Å²) in [4.78, 5) is 1.41. The molecule has 1 N–H and O–H groups in total. The maximum Gasteiger partial charge on any atom is 0.123 e. The van der Waals surface area contributed by atoms with Crippen LogP contribution in [0.1, 0.15) is 0 Å². The topological polar surface area (TPSA) is 29.5 Å². The number of hydrogen-bond donors (Lipinski definition) is 2. The van der Waals surface area contributed by atoms with Gasteiger partial charge in [-0.2, -0.15) is 0 Å². The highest BCUT2D eigenvalue weighted by molar-refractivity contribution is 8.17. The zero-order valence-electron chi connectivity index (χ0n) is 9.60. The van der Waals surface area contributed by atoms with Crippen LogP contribution in [0.2, 0.25) is 0 Å². The minimum Gasteiger partial charge on any atom is -0.507 e. The Morgan fingerprint density at radius 1 is 0.941 bits per heavy atom. The Morgan fingerprint density at radius 2 is 1.65 bits per heavy atom. The molecule has 0 unspecified atom stereocenters. The van der Waals surface area contributed by atoms with Crippen LogP contribution in [0.15, 0.2) is 41.3 Å². The molecule has 0 spiro atoms. The Bertz CT molecular complexity index is 533. The monoisotopic (exact) mass is 248 g/mol. The van der Waals surface area contributed by atoms with E-state index in [1.807, 2.05) is 24.3 Å². The highest BCUT2D eigenvalue weighted by atomic mass is 32.2. The van der Waals surface area contributed by atoms with Gasteiger partial charge in [0.15, 0.2) is 0 Å². The largest absolute Gasteiger partial charge is 0.507 e. The number of ether oxygens (including phenoxy) is 1. The molecule has 1 saturated heterocycles. The van der Waals surface area contributed by atoms with E-state index < -0.39 is 0 Å². The molecule has 90 valence electrons. The van der Waals surface area contributed by atoms with Crippen LogP contribution in [-0.4, -0.2) is 29.8 Å². The van der Waals surface area contributed by atoms with Crippen molar-refractivity contribution in [3.8, 4) is 5.75 Å². The Balaban J connectivity index is 2.12. The molecule has 2 aromatic carbocycles. The smallest absolute Gasteiger partial charge is 0.123 e. The molecule has 1 aliphatic rings. The summed E-state index contributed by atoms with van der Waals surface area (Å²) in [7, 11) is -0.115. The standard InChI is InChI=1S/C14H16O2S/c15-13-5-6-14(17-9-7-16-8-10-17)12-4-2-1-3-11(12)13/h1-6,15,17H,7-10H2. The summed E-state index contributed by atoms with van der Waals surface area (Å²) in [5.41, 5.74) is 0. The average molecular weight is 248 g/mol. The number of phenols is 1. The van der Waals surface area contributed by atoms with Crippen molar-refractivity contribution in [1.82, 2.24) is 0 Å². The molecule has 1 aliphatic heterocycles. The highest BCUT2D eigenvalue weighted by Gasteiger charge is 2.15. The molecule has 0 bridgehead atoms. The number of rotatable bonds is 1. The minimum absolute atomic E-state index is 0.115. The summed E-state index contributed by atoms with van der Waals surface area (Å²) >= 11 is 0. The van der Waals surface area contributed by atoms with Crippen LogP contribution >= 0.6 is 10.9 Å². The fraction of sp³-hybridized carbons (Fsp3) is 0.286. The summed E-state index contributed by atoms with van der Waals surface area (Å²) in [6.07, 6.45) is 0. The van der Waals surface area contributed by atoms with Gasteiger partial charge in [-0.1, -0.05) is 24.3 Å². The number of fused-ring (bicyclic) bond motifs is 1. The van der Waals surface area contributed by atoms with Gasteiger partial charge in [-0.05, 0) is 22.4 Å². The van der Waals surface area contributed by atoms with Crippen LogP contribution in [0.4, 0.5) is 0 Å². The SMILES string of the molecule is Oc1ccc([SH]2CCOCC2)c2ccccc12. The molecule has 0 aliphatic carbocycles. The first-order chi connectivity index (χ1) is 8.36. The van der Waals surface area contributed by atoms with E-state index in [1.165, 1.54) is 10.3 Å². The van der Waals surface area contributed by atoms with Crippen molar-refractivity contribution in [1.29, 1.82) is 0 Å². The van der Waals surface area contributed by atoms with E-state index in [4.69, 9.17) is 4.74 Å². The van der Waals surface area contributed by atoms with Gasteiger partial charge in [-0.25, -0.2) is 10.9 Å². The molecule has 2 nitrogen and oxygen atoms in total. The maximum atomic E-state index is 9.88. The molecule has 17 heavy (non-hydrogen) atoms. The Morgan fingerprint density at radius 3 is 2.41 bits per heavy atom. The van der Waals surface area contributed by atoms with E-state index in [-0.39, 0.29) is 10.9 Å². The molecule has 0 atom stereocenters. The van der Waals surface area contributed by atoms with E-state index in [1.54, 1.807) is 0 Å². The lowest BCUT2D eigenvalue weighted by atomic mass is 10.1. The van der Waals surface area contributed by atoms with Crippen molar-refractivity contribution in [2.75, 3.05) is 24.7 Å². The molecule has 0 radical (unpaired) electrons. The van der Waals surface area contributed by atoms with Crippen LogP contribution in [0.25, 0.3) is 10.8 Å². The molecule has 3 rings (SSSR count). The summed E-state index contributed by atoms with van der Waals surface area (Å²) < 4.78 is 5.42. The number of aromatic hydroxyl groups is 1. The lowest BCUT2D eigenvalue weighted by Gasteiger charge is -2.27. The summed E-state index contributed by atoms with van der Waals surface area (Å²) in [6, 6.07) is 12.0. The van der Waals surface area contributed by atoms with E-state index in [2.05, 4.69) is 12.1 Å². The zero-order chi connectivity index (χ0) is 11.7. The Hall–Kier alpha value is -1.19. The third kappa shape index (κ3) is 2.01. The second kappa shape index (κ2) is 4.59. The average Bonchev–Trinajstić information content (AvgIpc) is 2.41. The Kier molecular flexibility index (Phi) is 2.95. The first-order valence-electron chi connectivity index (χ1n) is 5.90. The molecule has 0 saturated carbocycles. The minimum atomic E-state index is -0.115. The maximum absolute atomic E-state index is 9.88. The predicted molar refractivity (Wildman–Crippen MR) is 73.4 cm³/mol. The third-order valence-corrected chi connectivity index (χ3v) is 5.75. The number of phenolic OH excluding ortho intramolecular Hbond substituents is 1. The van der Waals surface area contributed by atoms with E-state index in [9.17, 15) is 5.11 Å². The fourth-order valence-electron chi connectivity index (χ4n) is 2.35. The van der Waals surface area contributed by atoms with Gasteiger partial charge in [0, 0.05) is 16.9 Å². The number of hydrogen-bond acceptors (Lipinski definition) is 2. The van der Waals surface area contributed by atoms with Gasteiger partial charge in [-0.3, -0.25) is 0 Å². The lowest BCUT2D eigenvalue weighted by molar-refractivity contribution is 0.160. The van der Waals surface area contributed by atoms with E-state index >= 15 is 0 Å². The fourth-order valence-corrected chi connectivity index (χ4v) is 4.57. The second-order valence-electron chi connectivity index (χ2n) is 4.25. The molecular formula is C14H16O2S. The van der Waals surface area contributed by atoms with Crippen LogP contribution in [-0.2, 0) is 4.74 Å². The van der Waals surface area contributed by atoms with E-state index in [0.29, 0.717) is 5.75 Å². The normalized spacial score (nSPS) is 18.5. The summed E-state index contributed by atoms with van der Waals surface area (Å²) in [5, 5.41) is 12.1. The van der Waals surface area contributed by atoms with Crippen LogP contribution in [0.3, 0.4) is 0 Å². The van der Waals surface area contributed by atoms with Gasteiger partial charge in [0.2, 0.25) is 0 Å². The lowest BCUT2D eigenvalue weighted by Crippen LogP contribution is -2.15. The molecule has 3 heteroatoms. The van der Waals surface area contributed by atoms with Gasteiger partial charge < -0.3 is 9.84 Å². The second-order valence-corrected chi connectivity index (χ2v) is 6.70. The third-order valence-electron chi connectivity index (χ3n) is 3.23. The molecule has 1 heterocycles. The van der Waals surface area contributed by atoms with Crippen molar-refractivity contribution in [2.45, 2.75) is 4.90 Å². The van der Waals surface area contributed by atoms with Gasteiger partial charge >= 0.3 is 0 Å². The Labute approximate surface area is 104 Å². The molecule has 2 aromatic rings. The first kappa shape index (κ1) is 10.9. The molecular weight excluding hydrogens is 232 g/mol. The van der Waals surface area contributed by atoms with Gasteiger partial charge in [-0.15, -0.1) is 0 Å². The van der Waals surface area contributed by atoms with Crippen molar-refractivity contribution < 1.29 is 9.84 Å². The summed E-state index contributed by atoms with van der Waals surface area (Å²) in [6.45, 7) is 1.75. The highest BCUT2D eigenvalue weighted by Crippen LogP contribution is 2.43. The molecule has 0 aromatic heterocycles. The number of thiol groups is 1. The van der Waals surface area contributed by atoms with Gasteiger partial charge in [0.1, 0.15) is 5.75 Å². The van der Waals surface area contributed by atoms with Crippen molar-refractivity contribution in [2.24, 2.45) is 0 Å². The van der Waals surface area contributed by atoms with Crippen molar-refractivity contribution in [3.63, 3.8) is 0 Å². The number of benzene rings is 2. The first-order valence-corrected chi connectivity index (χ1v) is 7.61. The zero-order valence-corrected chi connectivity index (χ0v) is 10.5. The van der Waals surface area contributed by atoms with Crippen LogP contribution in [0, 0.1) is 0 Å². The van der Waals surface area contributed by atoms with Gasteiger partial charge in [0.25, 0.3) is 0 Å². The van der Waals surface area contributed by atoms with Crippen molar-refractivity contribution in [3.05, 3.63) is 36.4 Å². The van der Waals surface area contributed by atoms with Crippen molar-refractivity contribution >= 4 is 21.7 Å².